The first-order chi connectivity index (χ1) is 8.67. The van der Waals surface area contributed by atoms with Crippen LogP contribution in [0.5, 0.6) is 11.5 Å². The molecule has 1 aromatic carbocycles. The summed E-state index contributed by atoms with van der Waals surface area (Å²) in [5.41, 5.74) is 1.03. The molecule has 0 saturated heterocycles. The lowest BCUT2D eigenvalue weighted by Crippen LogP contribution is -1.96. The van der Waals surface area contributed by atoms with Crippen LogP contribution in [-0.4, -0.2) is 12.1 Å². The van der Waals surface area contributed by atoms with Gasteiger partial charge in [0.05, 0.1) is 7.11 Å². The number of nitrogens with zero attached hydrogens (tertiary/aromatic N) is 1. The van der Waals surface area contributed by atoms with Gasteiger partial charge in [0, 0.05) is 12.1 Å². The quantitative estimate of drug-likeness (QED) is 0.796. The highest BCUT2D eigenvalue weighted by molar-refractivity contribution is 6.32. The number of methoxy groups -OCH3 is 1. The number of halogens is 2. The van der Waals surface area contributed by atoms with E-state index in [0.29, 0.717) is 22.7 Å². The predicted octanol–water partition coefficient (Wildman–Crippen LogP) is 3.98. The fourth-order valence-electron chi connectivity index (χ4n) is 1.41. The molecule has 0 N–H and O–H groups in total. The predicted molar refractivity (Wildman–Crippen MR) is 71.6 cm³/mol. The van der Waals surface area contributed by atoms with Gasteiger partial charge in [-0.15, -0.1) is 0 Å². The van der Waals surface area contributed by atoms with Gasteiger partial charge in [-0.25, -0.2) is 4.98 Å². The lowest BCUT2D eigenvalue weighted by Gasteiger charge is -2.07. The first kappa shape index (κ1) is 13.0. The standard InChI is InChI=1S/C13H11Cl2NO2/c1-17-10-4-2-9(3-5-10)8-18-11-6-12(14)16-13(15)7-11/h2-7H,8H2,1H3. The Bertz CT molecular complexity index is 509. The SMILES string of the molecule is COc1ccc(COc2cc(Cl)nc(Cl)c2)cc1. The highest BCUT2D eigenvalue weighted by Gasteiger charge is 2.01. The second-order valence-corrected chi connectivity index (χ2v) is 4.36. The Morgan fingerprint density at radius 2 is 1.61 bits per heavy atom. The van der Waals surface area contributed by atoms with Gasteiger partial charge in [-0.3, -0.25) is 0 Å². The third-order valence-electron chi connectivity index (χ3n) is 2.30. The van der Waals surface area contributed by atoms with Gasteiger partial charge < -0.3 is 9.47 Å². The van der Waals surface area contributed by atoms with E-state index in [4.69, 9.17) is 32.7 Å². The Balaban J connectivity index is 2.01. The molecule has 0 radical (unpaired) electrons. The number of rotatable bonds is 4. The fraction of sp³-hybridized carbons (Fsp3) is 0.154. The number of ether oxygens (including phenoxy) is 2. The van der Waals surface area contributed by atoms with Crippen molar-refractivity contribution in [3.63, 3.8) is 0 Å². The lowest BCUT2D eigenvalue weighted by atomic mass is 10.2. The zero-order valence-corrected chi connectivity index (χ0v) is 11.2. The average Bonchev–Trinajstić information content (AvgIpc) is 2.36. The normalized spacial score (nSPS) is 10.2. The summed E-state index contributed by atoms with van der Waals surface area (Å²) in [6, 6.07) is 10.9. The van der Waals surface area contributed by atoms with Gasteiger partial charge >= 0.3 is 0 Å². The average molecular weight is 284 g/mol. The van der Waals surface area contributed by atoms with E-state index in [2.05, 4.69) is 4.98 Å². The van der Waals surface area contributed by atoms with Gasteiger partial charge in [-0.2, -0.15) is 0 Å². The molecule has 0 spiro atoms. The van der Waals surface area contributed by atoms with Crippen molar-refractivity contribution in [2.45, 2.75) is 6.61 Å². The summed E-state index contributed by atoms with van der Waals surface area (Å²) >= 11 is 11.6. The van der Waals surface area contributed by atoms with Crippen molar-refractivity contribution >= 4 is 23.2 Å². The van der Waals surface area contributed by atoms with Gasteiger partial charge in [0.1, 0.15) is 28.4 Å². The molecule has 0 atom stereocenters. The van der Waals surface area contributed by atoms with Crippen LogP contribution >= 0.6 is 23.2 Å². The van der Waals surface area contributed by atoms with E-state index in [1.807, 2.05) is 24.3 Å². The highest BCUT2D eigenvalue weighted by Crippen LogP contribution is 2.22. The van der Waals surface area contributed by atoms with Gasteiger partial charge in [-0.1, -0.05) is 35.3 Å². The Labute approximate surface area is 115 Å². The number of aromatic nitrogens is 1. The Hall–Kier alpha value is -1.45. The monoisotopic (exact) mass is 283 g/mol. The van der Waals surface area contributed by atoms with Gasteiger partial charge in [0.25, 0.3) is 0 Å². The smallest absolute Gasteiger partial charge is 0.134 e. The van der Waals surface area contributed by atoms with Crippen LogP contribution in [0.25, 0.3) is 0 Å². The topological polar surface area (TPSA) is 31.4 Å². The third-order valence-corrected chi connectivity index (χ3v) is 2.69. The van der Waals surface area contributed by atoms with Crippen molar-refractivity contribution in [3.8, 4) is 11.5 Å². The Morgan fingerprint density at radius 1 is 1.00 bits per heavy atom. The molecule has 2 rings (SSSR count). The fourth-order valence-corrected chi connectivity index (χ4v) is 1.86. The number of hydrogen-bond acceptors (Lipinski definition) is 3. The van der Waals surface area contributed by atoms with Crippen molar-refractivity contribution in [1.82, 2.24) is 4.98 Å². The van der Waals surface area contributed by atoms with Crippen LogP contribution in [0.4, 0.5) is 0 Å². The summed E-state index contributed by atoms with van der Waals surface area (Å²) in [7, 11) is 1.63. The molecule has 94 valence electrons. The van der Waals surface area contributed by atoms with Gasteiger partial charge in [0.15, 0.2) is 0 Å². The van der Waals surface area contributed by atoms with E-state index in [1.165, 1.54) is 0 Å². The van der Waals surface area contributed by atoms with Crippen molar-refractivity contribution < 1.29 is 9.47 Å². The van der Waals surface area contributed by atoms with Crippen LogP contribution in [0.15, 0.2) is 36.4 Å². The molecule has 0 aliphatic carbocycles. The summed E-state index contributed by atoms with van der Waals surface area (Å²) in [6.45, 7) is 0.431. The van der Waals surface area contributed by atoms with Crippen molar-refractivity contribution in [2.75, 3.05) is 7.11 Å². The molecule has 0 fully saturated rings. The first-order valence-electron chi connectivity index (χ1n) is 5.26. The molecule has 18 heavy (non-hydrogen) atoms. The molecule has 0 aliphatic rings. The summed E-state index contributed by atoms with van der Waals surface area (Å²) in [4.78, 5) is 3.85. The van der Waals surface area contributed by atoms with E-state index >= 15 is 0 Å². The maximum Gasteiger partial charge on any atom is 0.134 e. The summed E-state index contributed by atoms with van der Waals surface area (Å²) in [6.07, 6.45) is 0. The van der Waals surface area contributed by atoms with Crippen LogP contribution in [-0.2, 0) is 6.61 Å². The molecular formula is C13H11Cl2NO2. The van der Waals surface area contributed by atoms with E-state index in [0.717, 1.165) is 11.3 Å². The Kier molecular flexibility index (Phi) is 4.28. The highest BCUT2D eigenvalue weighted by atomic mass is 35.5. The minimum Gasteiger partial charge on any atom is -0.497 e. The minimum absolute atomic E-state index is 0.312. The van der Waals surface area contributed by atoms with Gasteiger partial charge in [0.2, 0.25) is 0 Å². The molecule has 5 heteroatoms. The molecule has 0 saturated carbocycles. The molecule has 0 unspecified atom stereocenters. The zero-order valence-electron chi connectivity index (χ0n) is 9.69. The maximum absolute atomic E-state index is 5.78. The van der Waals surface area contributed by atoms with E-state index in [1.54, 1.807) is 19.2 Å². The van der Waals surface area contributed by atoms with Crippen LogP contribution < -0.4 is 9.47 Å². The van der Waals surface area contributed by atoms with Crippen LogP contribution in [0.3, 0.4) is 0 Å². The molecule has 1 heterocycles. The van der Waals surface area contributed by atoms with Crippen molar-refractivity contribution in [3.05, 3.63) is 52.3 Å². The maximum atomic E-state index is 5.78. The number of benzene rings is 1. The molecule has 0 amide bonds. The van der Waals surface area contributed by atoms with Crippen LogP contribution in [0, 0.1) is 0 Å². The van der Waals surface area contributed by atoms with Crippen molar-refractivity contribution in [2.24, 2.45) is 0 Å². The molecule has 3 nitrogen and oxygen atoms in total. The minimum atomic E-state index is 0.312. The summed E-state index contributed by atoms with van der Waals surface area (Å²) < 4.78 is 10.7. The summed E-state index contributed by atoms with van der Waals surface area (Å²) in [5.74, 6) is 1.41. The summed E-state index contributed by atoms with van der Waals surface area (Å²) in [5, 5.41) is 0.625. The Morgan fingerprint density at radius 3 is 2.17 bits per heavy atom. The van der Waals surface area contributed by atoms with E-state index < -0.39 is 0 Å². The number of hydrogen-bond donors (Lipinski definition) is 0. The lowest BCUT2D eigenvalue weighted by molar-refractivity contribution is 0.305. The van der Waals surface area contributed by atoms with E-state index in [9.17, 15) is 0 Å². The largest absolute Gasteiger partial charge is 0.497 e. The molecular weight excluding hydrogens is 273 g/mol. The van der Waals surface area contributed by atoms with E-state index in [-0.39, 0.29) is 0 Å². The second-order valence-electron chi connectivity index (χ2n) is 3.59. The van der Waals surface area contributed by atoms with Crippen molar-refractivity contribution in [1.29, 1.82) is 0 Å². The zero-order chi connectivity index (χ0) is 13.0. The third kappa shape index (κ3) is 3.52. The second kappa shape index (κ2) is 5.94. The van der Waals surface area contributed by atoms with Crippen LogP contribution in [0.2, 0.25) is 10.3 Å². The molecule has 0 bridgehead atoms. The molecule has 2 aromatic rings. The number of pyridine rings is 1. The first-order valence-corrected chi connectivity index (χ1v) is 6.02. The van der Waals surface area contributed by atoms with Gasteiger partial charge in [-0.05, 0) is 17.7 Å². The van der Waals surface area contributed by atoms with Crippen LogP contribution in [0.1, 0.15) is 5.56 Å². The molecule has 0 aliphatic heterocycles. The molecule has 1 aromatic heterocycles.